The lowest BCUT2D eigenvalue weighted by Gasteiger charge is -2.25. The van der Waals surface area contributed by atoms with Crippen LogP contribution < -0.4 is 0 Å². The molecule has 0 aliphatic heterocycles. The topological polar surface area (TPSA) is 131 Å². The van der Waals surface area contributed by atoms with Gasteiger partial charge in [0.1, 0.15) is 13.1 Å². The first-order chi connectivity index (χ1) is 9.64. The normalized spacial score (nSPS) is 11.5. The van der Waals surface area contributed by atoms with Gasteiger partial charge in [0.2, 0.25) is 0 Å². The molecule has 0 heterocycles. The molecular weight excluding hydrogens is 308 g/mol. The van der Waals surface area contributed by atoms with E-state index in [4.69, 9.17) is 5.11 Å². The molecule has 0 aromatic rings. The summed E-state index contributed by atoms with van der Waals surface area (Å²) in [6.45, 7) is -1.69. The summed E-state index contributed by atoms with van der Waals surface area (Å²) >= 11 is 0. The van der Waals surface area contributed by atoms with Crippen LogP contribution in [0.5, 0.6) is 0 Å². The first-order valence-electron chi connectivity index (χ1n) is 5.72. The number of carbonyl (C=O) groups excluding carboxylic acids is 2. The predicted octanol–water partition coefficient (Wildman–Crippen LogP) is -1.71. The van der Waals surface area contributed by atoms with Gasteiger partial charge in [-0.3, -0.25) is 14.4 Å². The smallest absolute Gasteiger partial charge is 0.321 e. The Hall–Kier alpha value is -1.72. The van der Waals surface area contributed by atoms with Crippen molar-refractivity contribution in [3.05, 3.63) is 0 Å². The predicted molar refractivity (Wildman–Crippen MR) is 69.4 cm³/mol. The van der Waals surface area contributed by atoms with Crippen LogP contribution in [0.1, 0.15) is 6.42 Å². The molecule has 0 amide bonds. The Bertz CT molecular complexity index is 471. The molecule has 21 heavy (non-hydrogen) atoms. The van der Waals surface area contributed by atoms with Crippen LogP contribution in [0.4, 0.5) is 0 Å². The van der Waals surface area contributed by atoms with E-state index in [9.17, 15) is 22.8 Å². The van der Waals surface area contributed by atoms with Crippen molar-refractivity contribution in [2.24, 2.45) is 0 Å². The van der Waals surface area contributed by atoms with Crippen LogP contribution in [0, 0.1) is 0 Å². The second-order valence-corrected chi connectivity index (χ2v) is 5.93. The third kappa shape index (κ3) is 6.51. The van der Waals surface area contributed by atoms with Crippen LogP contribution in [-0.4, -0.2) is 80.9 Å². The molecule has 0 bridgehead atoms. The van der Waals surface area contributed by atoms with Gasteiger partial charge in [-0.15, -0.1) is 0 Å². The molecule has 11 heteroatoms. The zero-order valence-corrected chi connectivity index (χ0v) is 12.8. The highest BCUT2D eigenvalue weighted by atomic mass is 32.2. The number of nitrogens with zero attached hydrogens (tertiary/aromatic N) is 2. The number of carboxylic acids is 1. The molecular formula is C10H18N2O8S. The van der Waals surface area contributed by atoms with E-state index in [2.05, 4.69) is 9.47 Å². The van der Waals surface area contributed by atoms with Gasteiger partial charge in [0, 0.05) is 13.6 Å². The van der Waals surface area contributed by atoms with Crippen molar-refractivity contribution >= 4 is 28.1 Å². The van der Waals surface area contributed by atoms with Crippen LogP contribution in [0.3, 0.4) is 0 Å². The third-order valence-electron chi connectivity index (χ3n) is 2.43. The van der Waals surface area contributed by atoms with Crippen molar-refractivity contribution in [1.82, 2.24) is 8.61 Å². The average molecular weight is 326 g/mol. The molecule has 10 nitrogen and oxygen atoms in total. The van der Waals surface area contributed by atoms with Gasteiger partial charge in [-0.2, -0.15) is 17.0 Å². The van der Waals surface area contributed by atoms with Gasteiger partial charge in [-0.05, 0) is 0 Å². The number of methoxy groups -OCH3 is 2. The van der Waals surface area contributed by atoms with Crippen molar-refractivity contribution < 1.29 is 37.4 Å². The Morgan fingerprint density at radius 1 is 1.05 bits per heavy atom. The second-order valence-electron chi connectivity index (χ2n) is 3.89. The monoisotopic (exact) mass is 326 g/mol. The van der Waals surface area contributed by atoms with E-state index < -0.39 is 47.6 Å². The summed E-state index contributed by atoms with van der Waals surface area (Å²) in [6, 6.07) is 0. The minimum atomic E-state index is -4.21. The minimum absolute atomic E-state index is 0.309. The number of carbonyl (C=O) groups is 3. The van der Waals surface area contributed by atoms with Crippen LogP contribution in [0.25, 0.3) is 0 Å². The molecule has 0 aliphatic rings. The standard InChI is InChI=1S/C10H18N2O8S/c1-11(5-4-8(13)14)21(17,18)12(6-9(15)19-2)7-10(16)20-3/h4-7H2,1-3H3,(H,13,14). The van der Waals surface area contributed by atoms with Gasteiger partial charge in [0.15, 0.2) is 0 Å². The second kappa shape index (κ2) is 8.54. The van der Waals surface area contributed by atoms with Crippen molar-refractivity contribution in [2.45, 2.75) is 6.42 Å². The van der Waals surface area contributed by atoms with Gasteiger partial charge in [-0.1, -0.05) is 0 Å². The number of hydrogen-bond donors (Lipinski definition) is 1. The molecule has 0 radical (unpaired) electrons. The van der Waals surface area contributed by atoms with Crippen molar-refractivity contribution in [2.75, 3.05) is 40.9 Å². The Labute approximate surface area is 122 Å². The van der Waals surface area contributed by atoms with E-state index in [1.54, 1.807) is 0 Å². The summed E-state index contributed by atoms with van der Waals surface area (Å²) in [5.74, 6) is -2.91. The maximum atomic E-state index is 12.2. The SMILES string of the molecule is COC(=O)CN(CC(=O)OC)S(=O)(=O)N(C)CCC(=O)O. The molecule has 0 aromatic heterocycles. The molecule has 122 valence electrons. The van der Waals surface area contributed by atoms with Crippen molar-refractivity contribution in [3.8, 4) is 0 Å². The van der Waals surface area contributed by atoms with E-state index in [1.807, 2.05) is 0 Å². The highest BCUT2D eigenvalue weighted by Gasteiger charge is 2.31. The molecule has 0 unspecified atom stereocenters. The number of carboxylic acid groups (broad SMARTS) is 1. The maximum absolute atomic E-state index is 12.2. The van der Waals surface area contributed by atoms with E-state index in [0.717, 1.165) is 25.6 Å². The fraction of sp³-hybridized carbons (Fsp3) is 0.700. The fourth-order valence-electron chi connectivity index (χ4n) is 1.20. The lowest BCUT2D eigenvalue weighted by Crippen LogP contribution is -2.47. The first kappa shape index (κ1) is 19.3. The number of esters is 2. The average Bonchev–Trinajstić information content (AvgIpc) is 2.43. The lowest BCUT2D eigenvalue weighted by molar-refractivity contribution is -0.144. The van der Waals surface area contributed by atoms with Crippen LogP contribution >= 0.6 is 0 Å². The summed E-state index contributed by atoms with van der Waals surface area (Å²) < 4.78 is 34.4. The van der Waals surface area contributed by atoms with E-state index in [1.165, 1.54) is 0 Å². The number of hydrogen-bond acceptors (Lipinski definition) is 7. The quantitative estimate of drug-likeness (QED) is 0.495. The molecule has 0 saturated heterocycles. The summed E-state index contributed by atoms with van der Waals surface area (Å²) in [7, 11) is -0.929. The van der Waals surface area contributed by atoms with Crippen LogP contribution in [-0.2, 0) is 34.1 Å². The zero-order valence-electron chi connectivity index (χ0n) is 11.9. The zero-order chi connectivity index (χ0) is 16.6. The van der Waals surface area contributed by atoms with Crippen molar-refractivity contribution in [1.29, 1.82) is 0 Å². The first-order valence-corrected chi connectivity index (χ1v) is 7.11. The molecule has 0 saturated carbocycles. The Kier molecular flexibility index (Phi) is 7.84. The molecule has 0 spiro atoms. The summed E-state index contributed by atoms with van der Waals surface area (Å²) in [5, 5.41) is 8.55. The summed E-state index contributed by atoms with van der Waals surface area (Å²) in [6.07, 6.45) is -0.417. The summed E-state index contributed by atoms with van der Waals surface area (Å²) in [5.41, 5.74) is 0. The number of ether oxygens (including phenoxy) is 2. The van der Waals surface area contributed by atoms with Gasteiger partial charge in [0.25, 0.3) is 10.2 Å². The molecule has 0 atom stereocenters. The maximum Gasteiger partial charge on any atom is 0.321 e. The minimum Gasteiger partial charge on any atom is -0.481 e. The van der Waals surface area contributed by atoms with Gasteiger partial charge < -0.3 is 14.6 Å². The van der Waals surface area contributed by atoms with Gasteiger partial charge in [0.05, 0.1) is 20.6 Å². The number of aliphatic carboxylic acids is 1. The Morgan fingerprint density at radius 2 is 1.48 bits per heavy atom. The number of rotatable bonds is 9. The van der Waals surface area contributed by atoms with E-state index >= 15 is 0 Å². The highest BCUT2D eigenvalue weighted by molar-refractivity contribution is 7.86. The van der Waals surface area contributed by atoms with Crippen LogP contribution in [0.2, 0.25) is 0 Å². The van der Waals surface area contributed by atoms with Gasteiger partial charge in [-0.25, -0.2) is 0 Å². The summed E-state index contributed by atoms with van der Waals surface area (Å²) in [4.78, 5) is 32.9. The molecule has 0 fully saturated rings. The lowest BCUT2D eigenvalue weighted by atomic mass is 10.4. The van der Waals surface area contributed by atoms with Crippen LogP contribution in [0.15, 0.2) is 0 Å². The van der Waals surface area contributed by atoms with E-state index in [0.29, 0.717) is 4.31 Å². The molecule has 0 aliphatic carbocycles. The Morgan fingerprint density at radius 3 is 1.81 bits per heavy atom. The molecule has 1 N–H and O–H groups in total. The Balaban J connectivity index is 5.12. The fourth-order valence-corrected chi connectivity index (χ4v) is 2.46. The third-order valence-corrected chi connectivity index (χ3v) is 4.31. The highest BCUT2D eigenvalue weighted by Crippen LogP contribution is 2.08. The largest absolute Gasteiger partial charge is 0.481 e. The molecule has 0 rings (SSSR count). The molecule has 0 aromatic carbocycles. The van der Waals surface area contributed by atoms with Crippen molar-refractivity contribution in [3.63, 3.8) is 0 Å². The van der Waals surface area contributed by atoms with E-state index in [-0.39, 0.29) is 6.54 Å². The van der Waals surface area contributed by atoms with Gasteiger partial charge >= 0.3 is 17.9 Å².